The van der Waals surface area contributed by atoms with Crippen molar-refractivity contribution < 1.29 is 9.52 Å². The Balaban J connectivity index is 2.55. The van der Waals surface area contributed by atoms with Crippen molar-refractivity contribution in [2.75, 3.05) is 13.2 Å². The van der Waals surface area contributed by atoms with Crippen LogP contribution in [0.25, 0.3) is 0 Å². The highest BCUT2D eigenvalue weighted by Gasteiger charge is 2.26. The fraction of sp³-hybridized carbons (Fsp3) is 0.769. The number of aliphatic hydroxyl groups is 1. The summed E-state index contributed by atoms with van der Waals surface area (Å²) in [5, 5.41) is 12.9. The van der Waals surface area contributed by atoms with Gasteiger partial charge >= 0.3 is 0 Å². The molecule has 98 valence electrons. The average Bonchev–Trinajstić information content (AvgIpc) is 2.78. The van der Waals surface area contributed by atoms with E-state index in [1.807, 2.05) is 13.8 Å². The molecule has 0 spiro atoms. The summed E-state index contributed by atoms with van der Waals surface area (Å²) in [4.78, 5) is 4.20. The number of hydrogen-bond acceptors (Lipinski definition) is 4. The topological polar surface area (TPSA) is 58.3 Å². The van der Waals surface area contributed by atoms with Crippen LogP contribution in [0.1, 0.15) is 51.3 Å². The van der Waals surface area contributed by atoms with Crippen molar-refractivity contribution in [2.24, 2.45) is 5.41 Å². The lowest BCUT2D eigenvalue weighted by Gasteiger charge is -2.30. The normalized spacial score (nSPS) is 13.9. The van der Waals surface area contributed by atoms with E-state index in [4.69, 9.17) is 4.42 Å². The number of hydrogen-bond donors (Lipinski definition) is 2. The highest BCUT2D eigenvalue weighted by molar-refractivity contribution is 4.95. The van der Waals surface area contributed by atoms with Crippen LogP contribution >= 0.6 is 0 Å². The second-order valence-electron chi connectivity index (χ2n) is 4.78. The van der Waals surface area contributed by atoms with Gasteiger partial charge in [0.25, 0.3) is 0 Å². The quantitative estimate of drug-likeness (QED) is 0.768. The van der Waals surface area contributed by atoms with Crippen molar-refractivity contribution >= 4 is 0 Å². The number of nitrogens with zero attached hydrogens (tertiary/aromatic N) is 1. The molecule has 0 fully saturated rings. The molecule has 1 heterocycles. The lowest BCUT2D eigenvalue weighted by atomic mass is 9.83. The first-order chi connectivity index (χ1) is 8.06. The van der Waals surface area contributed by atoms with Gasteiger partial charge in [0.1, 0.15) is 5.76 Å². The summed E-state index contributed by atoms with van der Waals surface area (Å²) < 4.78 is 5.48. The van der Waals surface area contributed by atoms with E-state index < -0.39 is 0 Å². The Labute approximate surface area is 103 Å². The Kier molecular flexibility index (Phi) is 5.15. The molecule has 0 aliphatic carbocycles. The van der Waals surface area contributed by atoms with Gasteiger partial charge in [-0.25, -0.2) is 4.98 Å². The van der Waals surface area contributed by atoms with E-state index in [9.17, 15) is 5.11 Å². The molecule has 0 radical (unpaired) electrons. The number of oxazole rings is 1. The number of aliphatic hydroxyl groups excluding tert-OH is 1. The molecule has 4 heteroatoms. The standard InChI is InChI=1S/C13H24N2O2/c1-5-13(6-2,9-16)8-15-11(4)12-14-7-10(3)17-12/h7,11,15-16H,5-6,8-9H2,1-4H3. The van der Waals surface area contributed by atoms with Gasteiger partial charge in [-0.1, -0.05) is 13.8 Å². The molecule has 0 amide bonds. The lowest BCUT2D eigenvalue weighted by Crippen LogP contribution is -2.37. The highest BCUT2D eigenvalue weighted by Crippen LogP contribution is 2.25. The van der Waals surface area contributed by atoms with Crippen LogP contribution in [0.5, 0.6) is 0 Å². The summed E-state index contributed by atoms with van der Waals surface area (Å²) >= 11 is 0. The Morgan fingerprint density at radius 2 is 2.12 bits per heavy atom. The van der Waals surface area contributed by atoms with Crippen molar-refractivity contribution in [1.29, 1.82) is 0 Å². The van der Waals surface area contributed by atoms with E-state index in [1.54, 1.807) is 6.20 Å². The van der Waals surface area contributed by atoms with E-state index in [0.29, 0.717) is 5.89 Å². The maximum atomic E-state index is 9.49. The number of aryl methyl sites for hydroxylation is 1. The third-order valence-electron chi connectivity index (χ3n) is 3.63. The SMILES string of the molecule is CCC(CC)(CO)CNC(C)c1ncc(C)o1. The van der Waals surface area contributed by atoms with Crippen molar-refractivity contribution in [1.82, 2.24) is 10.3 Å². The van der Waals surface area contributed by atoms with Gasteiger partial charge in [-0.3, -0.25) is 0 Å². The van der Waals surface area contributed by atoms with Crippen LogP contribution < -0.4 is 5.32 Å². The lowest BCUT2D eigenvalue weighted by molar-refractivity contribution is 0.109. The van der Waals surface area contributed by atoms with Gasteiger partial charge < -0.3 is 14.8 Å². The van der Waals surface area contributed by atoms with Crippen LogP contribution in [0.15, 0.2) is 10.6 Å². The molecule has 0 bridgehead atoms. The van der Waals surface area contributed by atoms with Crippen LogP contribution in [0.2, 0.25) is 0 Å². The van der Waals surface area contributed by atoms with Gasteiger partial charge in [-0.15, -0.1) is 0 Å². The van der Waals surface area contributed by atoms with Crippen LogP contribution in [0.4, 0.5) is 0 Å². The molecular formula is C13H24N2O2. The molecule has 1 unspecified atom stereocenters. The van der Waals surface area contributed by atoms with Crippen LogP contribution in [-0.2, 0) is 0 Å². The Hall–Kier alpha value is -0.870. The van der Waals surface area contributed by atoms with Crippen molar-refractivity contribution in [3.8, 4) is 0 Å². The van der Waals surface area contributed by atoms with Crippen LogP contribution in [0.3, 0.4) is 0 Å². The number of aromatic nitrogens is 1. The third kappa shape index (κ3) is 3.54. The molecule has 0 saturated carbocycles. The molecule has 0 saturated heterocycles. The molecule has 0 aliphatic heterocycles. The second kappa shape index (κ2) is 6.17. The first-order valence-electron chi connectivity index (χ1n) is 6.33. The Bertz CT molecular complexity index is 324. The molecule has 0 aliphatic rings. The Morgan fingerprint density at radius 3 is 2.53 bits per heavy atom. The second-order valence-corrected chi connectivity index (χ2v) is 4.78. The summed E-state index contributed by atoms with van der Waals surface area (Å²) in [7, 11) is 0. The van der Waals surface area contributed by atoms with Crippen molar-refractivity contribution in [2.45, 2.75) is 46.6 Å². The number of rotatable bonds is 7. The first kappa shape index (κ1) is 14.2. The van der Waals surface area contributed by atoms with E-state index in [-0.39, 0.29) is 18.1 Å². The van der Waals surface area contributed by atoms with Gasteiger partial charge in [-0.2, -0.15) is 0 Å². The molecular weight excluding hydrogens is 216 g/mol. The molecule has 0 aromatic carbocycles. The zero-order valence-electron chi connectivity index (χ0n) is 11.3. The maximum Gasteiger partial charge on any atom is 0.211 e. The van der Waals surface area contributed by atoms with Crippen LogP contribution in [-0.4, -0.2) is 23.2 Å². The average molecular weight is 240 g/mol. The van der Waals surface area contributed by atoms with Crippen LogP contribution in [0, 0.1) is 12.3 Å². The summed E-state index contributed by atoms with van der Waals surface area (Å²) in [6, 6.07) is 0.0766. The van der Waals surface area contributed by atoms with Gasteiger partial charge in [0.05, 0.1) is 12.2 Å². The van der Waals surface area contributed by atoms with E-state index in [1.165, 1.54) is 0 Å². The van der Waals surface area contributed by atoms with Crippen molar-refractivity contribution in [3.63, 3.8) is 0 Å². The van der Waals surface area contributed by atoms with Gasteiger partial charge in [-0.05, 0) is 26.7 Å². The molecule has 2 N–H and O–H groups in total. The summed E-state index contributed by atoms with van der Waals surface area (Å²) in [6.45, 7) is 9.13. The van der Waals surface area contributed by atoms with E-state index in [2.05, 4.69) is 24.1 Å². The minimum atomic E-state index is -0.0318. The van der Waals surface area contributed by atoms with Gasteiger partial charge in [0.15, 0.2) is 0 Å². The largest absolute Gasteiger partial charge is 0.444 e. The molecule has 1 aromatic rings. The van der Waals surface area contributed by atoms with Gasteiger partial charge in [0.2, 0.25) is 5.89 Å². The zero-order valence-corrected chi connectivity index (χ0v) is 11.3. The fourth-order valence-electron chi connectivity index (χ4n) is 1.81. The summed E-state index contributed by atoms with van der Waals surface area (Å²) in [6.07, 6.45) is 3.65. The first-order valence-corrected chi connectivity index (χ1v) is 6.33. The minimum absolute atomic E-state index is 0.0318. The maximum absolute atomic E-state index is 9.49. The van der Waals surface area contributed by atoms with E-state index >= 15 is 0 Å². The molecule has 1 aromatic heterocycles. The summed E-state index contributed by atoms with van der Waals surface area (Å²) in [5.41, 5.74) is -0.0318. The molecule has 4 nitrogen and oxygen atoms in total. The zero-order chi connectivity index (χ0) is 12.9. The monoisotopic (exact) mass is 240 g/mol. The van der Waals surface area contributed by atoms with Crippen molar-refractivity contribution in [3.05, 3.63) is 17.8 Å². The van der Waals surface area contributed by atoms with Gasteiger partial charge in [0, 0.05) is 18.6 Å². The minimum Gasteiger partial charge on any atom is -0.444 e. The highest BCUT2D eigenvalue weighted by atomic mass is 16.4. The Morgan fingerprint density at radius 1 is 1.47 bits per heavy atom. The van der Waals surface area contributed by atoms with E-state index in [0.717, 1.165) is 25.1 Å². The fourth-order valence-corrected chi connectivity index (χ4v) is 1.81. The third-order valence-corrected chi connectivity index (χ3v) is 3.63. The predicted molar refractivity (Wildman–Crippen MR) is 67.8 cm³/mol. The smallest absolute Gasteiger partial charge is 0.211 e. The molecule has 1 atom stereocenters. The molecule has 1 rings (SSSR count). The number of nitrogens with one attached hydrogen (secondary N) is 1. The predicted octanol–water partition coefficient (Wildman–Crippen LogP) is 2.43. The summed E-state index contributed by atoms with van der Waals surface area (Å²) in [5.74, 6) is 1.54. The molecule has 17 heavy (non-hydrogen) atoms.